The summed E-state index contributed by atoms with van der Waals surface area (Å²) in [6.45, 7) is 0. The van der Waals surface area contributed by atoms with Crippen LogP contribution < -0.4 is 5.32 Å². The molecule has 2 nitrogen and oxygen atoms in total. The summed E-state index contributed by atoms with van der Waals surface area (Å²) in [6.07, 6.45) is 8.13. The number of nitriles is 1. The number of thioether (sulfide) groups is 1. The summed E-state index contributed by atoms with van der Waals surface area (Å²) in [5.74, 6) is 0. The van der Waals surface area contributed by atoms with E-state index >= 15 is 0 Å². The van der Waals surface area contributed by atoms with Crippen LogP contribution in [0.25, 0.3) is 0 Å². The average Bonchev–Trinajstić information content (AvgIpc) is 2.90. The van der Waals surface area contributed by atoms with Crippen molar-refractivity contribution >= 4 is 11.8 Å². The van der Waals surface area contributed by atoms with E-state index < -0.39 is 0 Å². The molecular formula is C17H22N2S. The molecule has 0 radical (unpaired) electrons. The zero-order valence-electron chi connectivity index (χ0n) is 12.0. The van der Waals surface area contributed by atoms with Gasteiger partial charge in [-0.25, -0.2) is 0 Å². The molecule has 20 heavy (non-hydrogen) atoms. The Kier molecular flexibility index (Phi) is 4.05. The second-order valence-corrected chi connectivity index (χ2v) is 7.22. The monoisotopic (exact) mass is 286 g/mol. The van der Waals surface area contributed by atoms with Gasteiger partial charge in [-0.2, -0.15) is 17.0 Å². The summed E-state index contributed by atoms with van der Waals surface area (Å²) < 4.78 is 0. The van der Waals surface area contributed by atoms with E-state index in [-0.39, 0.29) is 5.41 Å². The van der Waals surface area contributed by atoms with Crippen LogP contribution in [0.2, 0.25) is 0 Å². The van der Waals surface area contributed by atoms with Gasteiger partial charge < -0.3 is 5.32 Å². The predicted molar refractivity (Wildman–Crippen MR) is 84.8 cm³/mol. The largest absolute Gasteiger partial charge is 0.310 e. The Labute approximate surface area is 125 Å². The smallest absolute Gasteiger partial charge is 0.0852 e. The molecule has 1 N–H and O–H groups in total. The molecule has 0 aromatic heterocycles. The standard InChI is InChI=1S/C17H22N2S/c1-20-16-9-5-8-15(16)19-14-10-17(11-14,12-18)13-6-3-2-4-7-13/h2-4,6-7,14-16,19H,5,8-11H2,1H3. The van der Waals surface area contributed by atoms with Crippen molar-refractivity contribution in [2.24, 2.45) is 0 Å². The van der Waals surface area contributed by atoms with Gasteiger partial charge in [0, 0.05) is 17.3 Å². The van der Waals surface area contributed by atoms with Crippen LogP contribution in [0, 0.1) is 11.3 Å². The first-order chi connectivity index (χ1) is 9.77. The molecule has 106 valence electrons. The Morgan fingerprint density at radius 1 is 1.25 bits per heavy atom. The van der Waals surface area contributed by atoms with Crippen molar-refractivity contribution in [2.75, 3.05) is 6.26 Å². The Bertz CT molecular complexity index is 487. The summed E-state index contributed by atoms with van der Waals surface area (Å²) in [5.41, 5.74) is 0.945. The van der Waals surface area contributed by atoms with Crippen LogP contribution in [0.5, 0.6) is 0 Å². The summed E-state index contributed by atoms with van der Waals surface area (Å²) in [6, 6.07) is 14.0. The minimum atomic E-state index is -0.244. The number of nitrogens with one attached hydrogen (secondary N) is 1. The van der Waals surface area contributed by atoms with Crippen LogP contribution in [-0.4, -0.2) is 23.6 Å². The van der Waals surface area contributed by atoms with E-state index in [9.17, 15) is 5.26 Å². The SMILES string of the molecule is CSC1CCCC1NC1CC(C#N)(c2ccccc2)C1. The maximum absolute atomic E-state index is 9.58. The van der Waals surface area contributed by atoms with E-state index in [1.165, 1.54) is 24.8 Å². The zero-order valence-corrected chi connectivity index (χ0v) is 12.8. The average molecular weight is 286 g/mol. The van der Waals surface area contributed by atoms with Crippen LogP contribution in [0.15, 0.2) is 30.3 Å². The molecule has 0 saturated heterocycles. The number of nitrogens with zero attached hydrogens (tertiary/aromatic N) is 1. The maximum Gasteiger partial charge on any atom is 0.0852 e. The highest BCUT2D eigenvalue weighted by molar-refractivity contribution is 7.99. The molecule has 1 aromatic carbocycles. The van der Waals surface area contributed by atoms with Crippen molar-refractivity contribution in [2.45, 2.75) is 54.9 Å². The first kappa shape index (κ1) is 14.0. The molecule has 2 saturated carbocycles. The molecule has 2 atom stereocenters. The molecule has 2 fully saturated rings. The molecular weight excluding hydrogens is 264 g/mol. The van der Waals surface area contributed by atoms with Crippen LogP contribution in [0.3, 0.4) is 0 Å². The van der Waals surface area contributed by atoms with Crippen LogP contribution >= 0.6 is 11.8 Å². The lowest BCUT2D eigenvalue weighted by molar-refractivity contribution is 0.210. The van der Waals surface area contributed by atoms with Gasteiger partial charge in [-0.05, 0) is 37.5 Å². The summed E-state index contributed by atoms with van der Waals surface area (Å²) in [5, 5.41) is 14.2. The third-order valence-corrected chi connectivity index (χ3v) is 6.10. The number of benzene rings is 1. The Morgan fingerprint density at radius 2 is 2.00 bits per heavy atom. The fraction of sp³-hybridized carbons (Fsp3) is 0.588. The Hall–Kier alpha value is -0.980. The van der Waals surface area contributed by atoms with E-state index in [0.29, 0.717) is 12.1 Å². The van der Waals surface area contributed by atoms with Crippen molar-refractivity contribution in [1.82, 2.24) is 5.32 Å². The van der Waals surface area contributed by atoms with Gasteiger partial charge in [0.25, 0.3) is 0 Å². The predicted octanol–water partition coefficient (Wildman–Crippen LogP) is 3.48. The van der Waals surface area contributed by atoms with Gasteiger partial charge in [-0.1, -0.05) is 36.8 Å². The molecule has 2 unspecified atom stereocenters. The normalized spacial score (nSPS) is 36.3. The third-order valence-electron chi connectivity index (χ3n) is 4.94. The van der Waals surface area contributed by atoms with E-state index in [0.717, 1.165) is 18.1 Å². The molecule has 0 aliphatic heterocycles. The maximum atomic E-state index is 9.58. The molecule has 3 rings (SSSR count). The summed E-state index contributed by atoms with van der Waals surface area (Å²) in [4.78, 5) is 0. The quantitative estimate of drug-likeness (QED) is 0.920. The second-order valence-electron chi connectivity index (χ2n) is 6.14. The van der Waals surface area contributed by atoms with E-state index in [4.69, 9.17) is 0 Å². The van der Waals surface area contributed by atoms with Crippen LogP contribution in [0.1, 0.15) is 37.7 Å². The Balaban J connectivity index is 1.61. The van der Waals surface area contributed by atoms with Gasteiger partial charge in [0.05, 0.1) is 11.5 Å². The van der Waals surface area contributed by atoms with Crippen molar-refractivity contribution in [3.05, 3.63) is 35.9 Å². The molecule has 0 spiro atoms. The van der Waals surface area contributed by atoms with Crippen LogP contribution in [-0.2, 0) is 5.41 Å². The summed E-state index contributed by atoms with van der Waals surface area (Å²) >= 11 is 1.99. The zero-order chi connectivity index (χ0) is 14.0. The molecule has 2 aliphatic rings. The Morgan fingerprint density at radius 3 is 2.65 bits per heavy atom. The lowest BCUT2D eigenvalue weighted by Gasteiger charge is -2.45. The van der Waals surface area contributed by atoms with Crippen molar-refractivity contribution < 1.29 is 0 Å². The molecule has 2 aliphatic carbocycles. The first-order valence-corrected chi connectivity index (χ1v) is 8.82. The van der Waals surface area contributed by atoms with Crippen molar-refractivity contribution in [3.63, 3.8) is 0 Å². The minimum absolute atomic E-state index is 0.244. The lowest BCUT2D eigenvalue weighted by atomic mass is 9.62. The van der Waals surface area contributed by atoms with E-state index in [1.807, 2.05) is 30.0 Å². The highest BCUT2D eigenvalue weighted by Gasteiger charge is 2.47. The number of rotatable bonds is 4. The fourth-order valence-electron chi connectivity index (χ4n) is 3.75. The molecule has 0 amide bonds. The van der Waals surface area contributed by atoms with Gasteiger partial charge >= 0.3 is 0 Å². The lowest BCUT2D eigenvalue weighted by Crippen LogP contribution is -2.54. The molecule has 0 bridgehead atoms. The van der Waals surface area contributed by atoms with Gasteiger partial charge in [0.2, 0.25) is 0 Å². The van der Waals surface area contributed by atoms with Gasteiger partial charge in [0.1, 0.15) is 0 Å². The van der Waals surface area contributed by atoms with Gasteiger partial charge in [0.15, 0.2) is 0 Å². The number of hydrogen-bond donors (Lipinski definition) is 1. The summed E-state index contributed by atoms with van der Waals surface area (Å²) in [7, 11) is 0. The van der Waals surface area contributed by atoms with E-state index in [1.54, 1.807) is 0 Å². The highest BCUT2D eigenvalue weighted by Crippen LogP contribution is 2.44. The topological polar surface area (TPSA) is 35.8 Å². The molecule has 3 heteroatoms. The second kappa shape index (κ2) is 5.79. The van der Waals surface area contributed by atoms with Gasteiger partial charge in [-0.15, -0.1) is 0 Å². The van der Waals surface area contributed by atoms with Crippen LogP contribution in [0.4, 0.5) is 0 Å². The van der Waals surface area contributed by atoms with Crippen molar-refractivity contribution in [1.29, 1.82) is 5.26 Å². The van der Waals surface area contributed by atoms with E-state index in [2.05, 4.69) is 29.8 Å². The fourth-order valence-corrected chi connectivity index (χ4v) is 4.70. The molecule has 0 heterocycles. The van der Waals surface area contributed by atoms with Crippen molar-refractivity contribution in [3.8, 4) is 6.07 Å². The minimum Gasteiger partial charge on any atom is -0.310 e. The third kappa shape index (κ3) is 2.47. The van der Waals surface area contributed by atoms with Gasteiger partial charge in [-0.3, -0.25) is 0 Å². The highest BCUT2D eigenvalue weighted by atomic mass is 32.2. The first-order valence-electron chi connectivity index (χ1n) is 7.53. The molecule has 1 aromatic rings. The number of hydrogen-bond acceptors (Lipinski definition) is 3.